The summed E-state index contributed by atoms with van der Waals surface area (Å²) in [4.78, 5) is 12.4. The first-order valence-corrected chi connectivity index (χ1v) is 7.37. The minimum Gasteiger partial charge on any atom is -0.364 e. The van der Waals surface area contributed by atoms with Gasteiger partial charge in [0.25, 0.3) is 0 Å². The zero-order chi connectivity index (χ0) is 14.8. The Morgan fingerprint density at radius 1 is 1.20 bits per heavy atom. The van der Waals surface area contributed by atoms with Gasteiger partial charge in [0.05, 0.1) is 6.10 Å². The van der Waals surface area contributed by atoms with Crippen molar-refractivity contribution in [2.75, 3.05) is 0 Å². The summed E-state index contributed by atoms with van der Waals surface area (Å²) < 4.78 is 5.87. The standard InChI is InChI=1S/C18H24O2/c1-13(2)20-18(4)12-16(14(3)17(18)19)11-10-15-8-6-5-7-9-15/h5-9,13H,10-12H2,1-4H3. The summed E-state index contributed by atoms with van der Waals surface area (Å²) in [6.45, 7) is 7.83. The van der Waals surface area contributed by atoms with Gasteiger partial charge in [0, 0.05) is 6.42 Å². The minimum absolute atomic E-state index is 0.0743. The Kier molecular flexibility index (Phi) is 4.44. The van der Waals surface area contributed by atoms with Gasteiger partial charge in [0.2, 0.25) is 0 Å². The van der Waals surface area contributed by atoms with Gasteiger partial charge in [0.1, 0.15) is 5.60 Å². The zero-order valence-electron chi connectivity index (χ0n) is 12.9. The van der Waals surface area contributed by atoms with E-state index in [0.717, 1.165) is 24.8 Å². The topological polar surface area (TPSA) is 26.3 Å². The van der Waals surface area contributed by atoms with Crippen molar-refractivity contribution in [3.05, 3.63) is 47.0 Å². The highest BCUT2D eigenvalue weighted by molar-refractivity contribution is 6.04. The molecule has 0 aliphatic heterocycles. The van der Waals surface area contributed by atoms with Gasteiger partial charge in [-0.15, -0.1) is 0 Å². The van der Waals surface area contributed by atoms with E-state index in [1.807, 2.05) is 33.8 Å². The maximum Gasteiger partial charge on any atom is 0.190 e. The predicted molar refractivity (Wildman–Crippen MR) is 81.7 cm³/mol. The molecule has 1 aromatic carbocycles. The van der Waals surface area contributed by atoms with Crippen molar-refractivity contribution in [3.8, 4) is 0 Å². The monoisotopic (exact) mass is 272 g/mol. The summed E-state index contributed by atoms with van der Waals surface area (Å²) in [5.41, 5.74) is 2.83. The molecule has 0 amide bonds. The lowest BCUT2D eigenvalue weighted by atomic mass is 9.98. The molecular formula is C18H24O2. The molecule has 0 heterocycles. The van der Waals surface area contributed by atoms with Crippen LogP contribution in [0.15, 0.2) is 41.5 Å². The molecule has 2 heteroatoms. The molecule has 0 saturated carbocycles. The Bertz CT molecular complexity index is 513. The molecule has 1 aliphatic carbocycles. The minimum atomic E-state index is -0.649. The Morgan fingerprint density at radius 3 is 2.45 bits per heavy atom. The average molecular weight is 272 g/mol. The van der Waals surface area contributed by atoms with Crippen LogP contribution in [0, 0.1) is 0 Å². The first kappa shape index (κ1) is 15.0. The highest BCUT2D eigenvalue weighted by Crippen LogP contribution is 2.37. The van der Waals surface area contributed by atoms with Crippen molar-refractivity contribution >= 4 is 5.78 Å². The molecule has 108 valence electrons. The van der Waals surface area contributed by atoms with E-state index in [1.165, 1.54) is 11.1 Å². The van der Waals surface area contributed by atoms with Crippen molar-refractivity contribution in [1.29, 1.82) is 0 Å². The van der Waals surface area contributed by atoms with Crippen molar-refractivity contribution in [1.82, 2.24) is 0 Å². The third-order valence-corrected chi connectivity index (χ3v) is 3.96. The van der Waals surface area contributed by atoms with Crippen LogP contribution < -0.4 is 0 Å². The second-order valence-corrected chi connectivity index (χ2v) is 6.12. The number of aryl methyl sites for hydroxylation is 1. The molecule has 2 nitrogen and oxygen atoms in total. The SMILES string of the molecule is CC1=C(CCc2ccccc2)CC(C)(OC(C)C)C1=O. The van der Waals surface area contributed by atoms with Crippen LogP contribution in [0.1, 0.15) is 46.1 Å². The highest BCUT2D eigenvalue weighted by atomic mass is 16.5. The number of carbonyl (C=O) groups excluding carboxylic acids is 1. The first-order chi connectivity index (χ1) is 9.42. The third kappa shape index (κ3) is 3.18. The largest absolute Gasteiger partial charge is 0.364 e. The zero-order valence-corrected chi connectivity index (χ0v) is 12.9. The fraction of sp³-hybridized carbons (Fsp3) is 0.500. The van der Waals surface area contributed by atoms with Crippen LogP contribution in [0.3, 0.4) is 0 Å². The summed E-state index contributed by atoms with van der Waals surface area (Å²) in [6, 6.07) is 10.4. The Morgan fingerprint density at radius 2 is 1.85 bits per heavy atom. The van der Waals surface area contributed by atoms with E-state index in [-0.39, 0.29) is 11.9 Å². The van der Waals surface area contributed by atoms with Crippen LogP contribution in [0.2, 0.25) is 0 Å². The quantitative estimate of drug-likeness (QED) is 0.807. The number of rotatable bonds is 5. The number of hydrogen-bond acceptors (Lipinski definition) is 2. The van der Waals surface area contributed by atoms with E-state index in [4.69, 9.17) is 4.74 Å². The molecule has 2 rings (SSSR count). The van der Waals surface area contributed by atoms with Gasteiger partial charge in [-0.25, -0.2) is 0 Å². The fourth-order valence-corrected chi connectivity index (χ4v) is 3.01. The summed E-state index contributed by atoms with van der Waals surface area (Å²) in [7, 11) is 0. The van der Waals surface area contributed by atoms with Crippen LogP contribution in [0.5, 0.6) is 0 Å². The molecule has 1 aromatic rings. The summed E-state index contributed by atoms with van der Waals surface area (Å²) in [6.07, 6.45) is 2.74. The van der Waals surface area contributed by atoms with E-state index in [0.29, 0.717) is 0 Å². The van der Waals surface area contributed by atoms with Gasteiger partial charge >= 0.3 is 0 Å². The van der Waals surface area contributed by atoms with E-state index in [1.54, 1.807) is 0 Å². The fourth-order valence-electron chi connectivity index (χ4n) is 3.01. The maximum atomic E-state index is 12.4. The van der Waals surface area contributed by atoms with E-state index in [2.05, 4.69) is 24.3 Å². The molecule has 1 aliphatic rings. The van der Waals surface area contributed by atoms with Gasteiger partial charge in [0.15, 0.2) is 5.78 Å². The van der Waals surface area contributed by atoms with Crippen LogP contribution in [0.4, 0.5) is 0 Å². The average Bonchev–Trinajstić information content (AvgIpc) is 2.61. The normalized spacial score (nSPS) is 22.9. The van der Waals surface area contributed by atoms with Gasteiger partial charge in [-0.3, -0.25) is 4.79 Å². The van der Waals surface area contributed by atoms with Crippen molar-refractivity contribution in [3.63, 3.8) is 0 Å². The molecule has 1 unspecified atom stereocenters. The van der Waals surface area contributed by atoms with Crippen molar-refractivity contribution in [2.45, 2.75) is 58.7 Å². The summed E-state index contributed by atoms with van der Waals surface area (Å²) >= 11 is 0. The van der Waals surface area contributed by atoms with Gasteiger partial charge in [-0.2, -0.15) is 0 Å². The number of Topliss-reactive ketones (excluding diaryl/α,β-unsaturated/α-hetero) is 1. The lowest BCUT2D eigenvalue weighted by Gasteiger charge is -2.26. The smallest absolute Gasteiger partial charge is 0.190 e. The van der Waals surface area contributed by atoms with Crippen LogP contribution in [-0.4, -0.2) is 17.5 Å². The van der Waals surface area contributed by atoms with Gasteiger partial charge in [-0.05, 0) is 51.7 Å². The molecule has 1 atom stereocenters. The number of hydrogen-bond donors (Lipinski definition) is 0. The van der Waals surface area contributed by atoms with Crippen LogP contribution in [-0.2, 0) is 16.0 Å². The second-order valence-electron chi connectivity index (χ2n) is 6.12. The summed E-state index contributed by atoms with van der Waals surface area (Å²) in [5, 5.41) is 0. The first-order valence-electron chi connectivity index (χ1n) is 7.37. The third-order valence-electron chi connectivity index (χ3n) is 3.96. The lowest BCUT2D eigenvalue weighted by molar-refractivity contribution is -0.141. The van der Waals surface area contributed by atoms with E-state index in [9.17, 15) is 4.79 Å². The van der Waals surface area contributed by atoms with Crippen molar-refractivity contribution in [2.24, 2.45) is 0 Å². The number of benzene rings is 1. The Hall–Kier alpha value is -1.41. The Labute approximate surface area is 121 Å². The number of carbonyl (C=O) groups is 1. The second kappa shape index (κ2) is 5.92. The van der Waals surface area contributed by atoms with Crippen LogP contribution >= 0.6 is 0 Å². The highest BCUT2D eigenvalue weighted by Gasteiger charge is 2.42. The van der Waals surface area contributed by atoms with Crippen molar-refractivity contribution < 1.29 is 9.53 Å². The molecule has 0 aromatic heterocycles. The van der Waals surface area contributed by atoms with Gasteiger partial charge < -0.3 is 4.74 Å². The van der Waals surface area contributed by atoms with E-state index < -0.39 is 5.60 Å². The molecule has 0 bridgehead atoms. The lowest BCUT2D eigenvalue weighted by Crippen LogP contribution is -2.37. The molecular weight excluding hydrogens is 248 g/mol. The number of ether oxygens (including phenoxy) is 1. The number of ketones is 1. The predicted octanol–water partition coefficient (Wildman–Crippen LogP) is 4.09. The molecule has 0 saturated heterocycles. The summed E-state index contributed by atoms with van der Waals surface area (Å²) in [5.74, 6) is 0.161. The van der Waals surface area contributed by atoms with E-state index >= 15 is 0 Å². The maximum absolute atomic E-state index is 12.4. The van der Waals surface area contributed by atoms with Gasteiger partial charge in [-0.1, -0.05) is 35.9 Å². The molecule has 0 radical (unpaired) electrons. The Balaban J connectivity index is 2.04. The molecule has 0 fully saturated rings. The molecule has 0 N–H and O–H groups in total. The van der Waals surface area contributed by atoms with Crippen LogP contribution in [0.25, 0.3) is 0 Å². The molecule has 0 spiro atoms. The molecule has 20 heavy (non-hydrogen) atoms.